The van der Waals surface area contributed by atoms with E-state index < -0.39 is 18.1 Å². The number of carbonyl (C=O) groups excluding carboxylic acids is 1. The summed E-state index contributed by atoms with van der Waals surface area (Å²) in [6.45, 7) is 6.62. The highest BCUT2D eigenvalue weighted by molar-refractivity contribution is 5.76. The minimum absolute atomic E-state index is 0.302. The molecule has 23 heavy (non-hydrogen) atoms. The Balaban J connectivity index is 3.37. The van der Waals surface area contributed by atoms with E-state index in [-0.39, 0.29) is 0 Å². The van der Waals surface area contributed by atoms with Gasteiger partial charge in [-0.2, -0.15) is 0 Å². The van der Waals surface area contributed by atoms with Crippen molar-refractivity contribution >= 4 is 5.97 Å². The summed E-state index contributed by atoms with van der Waals surface area (Å²) in [5, 5.41) is 9.85. The van der Waals surface area contributed by atoms with Gasteiger partial charge in [-0.15, -0.1) is 0 Å². The maximum atomic E-state index is 11.4. The molecule has 4 nitrogen and oxygen atoms in total. The van der Waals surface area contributed by atoms with Gasteiger partial charge in [0.15, 0.2) is 0 Å². The highest BCUT2D eigenvalue weighted by atomic mass is 16.5. The summed E-state index contributed by atoms with van der Waals surface area (Å²) in [5.41, 5.74) is 5.66. The fraction of sp³-hybridized carbons (Fsp3) is 0.947. The van der Waals surface area contributed by atoms with Crippen LogP contribution in [-0.4, -0.2) is 29.8 Å². The van der Waals surface area contributed by atoms with Crippen molar-refractivity contribution in [3.05, 3.63) is 0 Å². The molecular formula is C19H39NO3. The molecule has 4 heteroatoms. The van der Waals surface area contributed by atoms with Crippen molar-refractivity contribution in [3.63, 3.8) is 0 Å². The minimum atomic E-state index is -0.902. The third kappa shape index (κ3) is 13.5. The van der Waals surface area contributed by atoms with Crippen LogP contribution in [0.1, 0.15) is 91.4 Å². The number of rotatable bonds is 15. The van der Waals surface area contributed by atoms with E-state index in [1.165, 1.54) is 51.4 Å². The highest BCUT2D eigenvalue weighted by Crippen LogP contribution is 2.14. The molecule has 0 saturated heterocycles. The van der Waals surface area contributed by atoms with Gasteiger partial charge in [0.25, 0.3) is 0 Å². The lowest BCUT2D eigenvalue weighted by atomic mass is 10.0. The maximum absolute atomic E-state index is 11.4. The van der Waals surface area contributed by atoms with Crippen LogP contribution >= 0.6 is 0 Å². The van der Waals surface area contributed by atoms with Crippen molar-refractivity contribution < 1.29 is 14.6 Å². The second-order valence-corrected chi connectivity index (χ2v) is 7.00. The van der Waals surface area contributed by atoms with Crippen LogP contribution in [0.5, 0.6) is 0 Å². The molecule has 0 aliphatic rings. The van der Waals surface area contributed by atoms with Gasteiger partial charge in [-0.3, -0.25) is 4.79 Å². The molecule has 0 aliphatic carbocycles. The molecule has 0 aromatic carbocycles. The molecule has 0 amide bonds. The van der Waals surface area contributed by atoms with Crippen molar-refractivity contribution in [1.82, 2.24) is 0 Å². The highest BCUT2D eigenvalue weighted by Gasteiger charge is 2.23. The first-order valence-electron chi connectivity index (χ1n) is 9.59. The largest absolute Gasteiger partial charge is 0.465 e. The second kappa shape index (κ2) is 14.9. The first kappa shape index (κ1) is 22.4. The van der Waals surface area contributed by atoms with Gasteiger partial charge in [-0.25, -0.2) is 0 Å². The van der Waals surface area contributed by atoms with Crippen LogP contribution in [0.3, 0.4) is 0 Å². The molecule has 2 atom stereocenters. The Morgan fingerprint density at radius 3 is 1.78 bits per heavy atom. The maximum Gasteiger partial charge on any atom is 0.325 e. The first-order chi connectivity index (χ1) is 11.0. The van der Waals surface area contributed by atoms with E-state index in [0.29, 0.717) is 13.0 Å². The number of ether oxygens (including phenoxy) is 1. The zero-order valence-corrected chi connectivity index (χ0v) is 15.6. The Labute approximate surface area is 143 Å². The van der Waals surface area contributed by atoms with Gasteiger partial charge in [0.05, 0.1) is 12.7 Å². The van der Waals surface area contributed by atoms with Crippen LogP contribution in [0.2, 0.25) is 0 Å². The van der Waals surface area contributed by atoms with Crippen molar-refractivity contribution in [2.24, 2.45) is 11.7 Å². The van der Waals surface area contributed by atoms with Crippen molar-refractivity contribution in [2.45, 2.75) is 104 Å². The first-order valence-corrected chi connectivity index (χ1v) is 9.59. The van der Waals surface area contributed by atoms with Gasteiger partial charge in [-0.1, -0.05) is 78.1 Å². The van der Waals surface area contributed by atoms with E-state index in [1.54, 1.807) is 6.92 Å². The molecule has 0 saturated carbocycles. The van der Waals surface area contributed by atoms with Crippen LogP contribution in [-0.2, 0) is 9.53 Å². The number of aliphatic hydroxyl groups excluding tert-OH is 1. The zero-order valence-electron chi connectivity index (χ0n) is 15.6. The SMILES string of the molecule is CCOC(=O)[C@@H](N)[C@H](O)CCCCCCCCCCCC(C)C. The normalized spacial score (nSPS) is 14.0. The number of unbranched alkanes of at least 4 members (excludes halogenated alkanes) is 8. The minimum Gasteiger partial charge on any atom is -0.465 e. The topological polar surface area (TPSA) is 72.5 Å². The van der Waals surface area contributed by atoms with E-state index in [1.807, 2.05) is 0 Å². The number of nitrogens with two attached hydrogens (primary N) is 1. The van der Waals surface area contributed by atoms with Crippen molar-refractivity contribution in [1.29, 1.82) is 0 Å². The summed E-state index contributed by atoms with van der Waals surface area (Å²) in [6, 6.07) is -0.902. The monoisotopic (exact) mass is 329 g/mol. The lowest BCUT2D eigenvalue weighted by Crippen LogP contribution is -2.43. The summed E-state index contributed by atoms with van der Waals surface area (Å²) >= 11 is 0. The number of esters is 1. The Kier molecular flexibility index (Phi) is 14.6. The summed E-state index contributed by atoms with van der Waals surface area (Å²) in [7, 11) is 0. The molecule has 0 spiro atoms. The fourth-order valence-electron chi connectivity index (χ4n) is 2.72. The van der Waals surface area contributed by atoms with Gasteiger partial charge >= 0.3 is 5.97 Å². The summed E-state index contributed by atoms with van der Waals surface area (Å²) in [5.74, 6) is 0.333. The summed E-state index contributed by atoms with van der Waals surface area (Å²) in [4.78, 5) is 11.4. The molecule has 0 bridgehead atoms. The van der Waals surface area contributed by atoms with Gasteiger partial charge in [0, 0.05) is 0 Å². The van der Waals surface area contributed by atoms with Gasteiger partial charge in [0.2, 0.25) is 0 Å². The number of carbonyl (C=O) groups is 1. The van der Waals surface area contributed by atoms with E-state index in [4.69, 9.17) is 10.5 Å². The molecule has 0 heterocycles. The molecule has 0 fully saturated rings. The summed E-state index contributed by atoms with van der Waals surface area (Å²) in [6.07, 6.45) is 12.4. The quantitative estimate of drug-likeness (QED) is 0.349. The lowest BCUT2D eigenvalue weighted by molar-refractivity contribution is -0.147. The molecule has 0 rings (SSSR count). The predicted molar refractivity (Wildman–Crippen MR) is 96.2 cm³/mol. The fourth-order valence-corrected chi connectivity index (χ4v) is 2.72. The molecule has 0 aromatic rings. The van der Waals surface area contributed by atoms with Crippen LogP contribution in [0.4, 0.5) is 0 Å². The summed E-state index contributed by atoms with van der Waals surface area (Å²) < 4.78 is 4.81. The average molecular weight is 330 g/mol. The molecule has 0 radical (unpaired) electrons. The van der Waals surface area contributed by atoms with Gasteiger partial charge < -0.3 is 15.6 Å². The van der Waals surface area contributed by atoms with Crippen molar-refractivity contribution in [3.8, 4) is 0 Å². The lowest BCUT2D eigenvalue weighted by Gasteiger charge is -2.17. The Bertz CT molecular complexity index is 282. The molecule has 0 aliphatic heterocycles. The molecule has 138 valence electrons. The number of hydrogen-bond donors (Lipinski definition) is 2. The Morgan fingerprint density at radius 1 is 0.913 bits per heavy atom. The molecular weight excluding hydrogens is 290 g/mol. The second-order valence-electron chi connectivity index (χ2n) is 7.00. The number of aliphatic hydroxyl groups is 1. The van der Waals surface area contributed by atoms with Crippen LogP contribution in [0.25, 0.3) is 0 Å². The molecule has 3 N–H and O–H groups in total. The van der Waals surface area contributed by atoms with Crippen LogP contribution < -0.4 is 5.73 Å². The van der Waals surface area contributed by atoms with Crippen molar-refractivity contribution in [2.75, 3.05) is 6.61 Å². The Hall–Kier alpha value is -0.610. The Morgan fingerprint density at radius 2 is 1.35 bits per heavy atom. The van der Waals surface area contributed by atoms with Crippen LogP contribution in [0, 0.1) is 5.92 Å². The number of hydrogen-bond acceptors (Lipinski definition) is 4. The molecule has 0 aromatic heterocycles. The van der Waals surface area contributed by atoms with E-state index in [0.717, 1.165) is 18.8 Å². The predicted octanol–water partition coefficient (Wildman–Crippen LogP) is 4.18. The standard InChI is InChI=1S/C19H39NO3/c1-4-23-19(22)18(20)17(21)15-13-11-9-7-5-6-8-10-12-14-16(2)3/h16-18,21H,4-15,20H2,1-3H3/t17-,18+/m1/s1. The average Bonchev–Trinajstić information content (AvgIpc) is 2.51. The third-order valence-corrected chi connectivity index (χ3v) is 4.25. The van der Waals surface area contributed by atoms with Gasteiger partial charge in [0.1, 0.15) is 6.04 Å². The third-order valence-electron chi connectivity index (χ3n) is 4.25. The molecule has 0 unspecified atom stereocenters. The van der Waals surface area contributed by atoms with Crippen LogP contribution in [0.15, 0.2) is 0 Å². The zero-order chi connectivity index (χ0) is 17.5. The van der Waals surface area contributed by atoms with E-state index in [2.05, 4.69) is 13.8 Å². The van der Waals surface area contributed by atoms with Gasteiger partial charge in [-0.05, 0) is 19.3 Å². The van der Waals surface area contributed by atoms with E-state index in [9.17, 15) is 9.90 Å². The van der Waals surface area contributed by atoms with E-state index >= 15 is 0 Å². The smallest absolute Gasteiger partial charge is 0.325 e.